The molecule has 0 fully saturated rings. The molecule has 160 valence electrons. The molecule has 0 spiro atoms. The van der Waals surface area contributed by atoms with Gasteiger partial charge in [0.25, 0.3) is 11.8 Å². The molecule has 1 aliphatic carbocycles. The lowest BCUT2D eigenvalue weighted by atomic mass is 9.84. The van der Waals surface area contributed by atoms with Crippen LogP contribution in [-0.4, -0.2) is 24.5 Å². The Morgan fingerprint density at radius 3 is 2.74 bits per heavy atom. The molecular formula is C25H27N3O3. The van der Waals surface area contributed by atoms with Gasteiger partial charge in [0.05, 0.1) is 12.6 Å². The lowest BCUT2D eigenvalue weighted by Crippen LogP contribution is -2.23. The minimum Gasteiger partial charge on any atom is -0.494 e. The summed E-state index contributed by atoms with van der Waals surface area (Å²) in [5, 5.41) is 11.1. The Labute approximate surface area is 182 Å². The summed E-state index contributed by atoms with van der Waals surface area (Å²) in [4.78, 5) is 24.7. The van der Waals surface area contributed by atoms with Gasteiger partial charge in [-0.15, -0.1) is 5.11 Å². The Balaban J connectivity index is 1.42. The molecule has 6 heteroatoms. The number of anilines is 1. The molecule has 31 heavy (non-hydrogen) atoms. The Kier molecular flexibility index (Phi) is 6.55. The Hall–Kier alpha value is -3.28. The van der Waals surface area contributed by atoms with E-state index in [4.69, 9.17) is 4.74 Å². The summed E-state index contributed by atoms with van der Waals surface area (Å²) in [6, 6.07) is 14.8. The van der Waals surface area contributed by atoms with Crippen LogP contribution in [0.3, 0.4) is 0 Å². The zero-order valence-corrected chi connectivity index (χ0v) is 17.8. The first-order valence-electron chi connectivity index (χ1n) is 10.9. The van der Waals surface area contributed by atoms with Crippen molar-refractivity contribution in [1.29, 1.82) is 0 Å². The quantitative estimate of drug-likeness (QED) is 0.646. The van der Waals surface area contributed by atoms with Gasteiger partial charge in [0, 0.05) is 23.2 Å². The summed E-state index contributed by atoms with van der Waals surface area (Å²) in [6.07, 6.45) is 5.47. The van der Waals surface area contributed by atoms with Crippen molar-refractivity contribution in [3.05, 3.63) is 70.8 Å². The van der Waals surface area contributed by atoms with Crippen molar-refractivity contribution in [2.75, 3.05) is 11.9 Å². The molecule has 0 bridgehead atoms. The summed E-state index contributed by atoms with van der Waals surface area (Å²) in [5.74, 6) is 0.425. The first kappa shape index (κ1) is 21.0. The topological polar surface area (TPSA) is 80.1 Å². The highest BCUT2D eigenvalue weighted by atomic mass is 16.5. The molecule has 6 nitrogen and oxygen atoms in total. The van der Waals surface area contributed by atoms with Crippen LogP contribution >= 0.6 is 0 Å². The monoisotopic (exact) mass is 417 g/mol. The van der Waals surface area contributed by atoms with Crippen molar-refractivity contribution in [3.8, 4) is 5.75 Å². The van der Waals surface area contributed by atoms with E-state index >= 15 is 0 Å². The largest absolute Gasteiger partial charge is 0.494 e. The van der Waals surface area contributed by atoms with Gasteiger partial charge in [-0.3, -0.25) is 9.59 Å². The normalized spacial score (nSPS) is 18.0. The van der Waals surface area contributed by atoms with Crippen LogP contribution in [0.1, 0.15) is 54.9 Å². The number of nitrogens with one attached hydrogen (secondary N) is 1. The Morgan fingerprint density at radius 2 is 1.94 bits per heavy atom. The second kappa shape index (κ2) is 9.69. The van der Waals surface area contributed by atoms with E-state index in [0.29, 0.717) is 18.6 Å². The predicted octanol–water partition coefficient (Wildman–Crippen LogP) is 5.50. The van der Waals surface area contributed by atoms with E-state index in [1.807, 2.05) is 36.4 Å². The van der Waals surface area contributed by atoms with Gasteiger partial charge >= 0.3 is 0 Å². The number of rotatable bonds is 7. The average Bonchev–Trinajstić information content (AvgIpc) is 2.80. The maximum Gasteiger partial charge on any atom is 0.291 e. The summed E-state index contributed by atoms with van der Waals surface area (Å²) in [5.41, 5.74) is 4.37. The number of carbonyl (C=O) groups excluding carboxylic acids is 2. The molecule has 1 aliphatic heterocycles. The zero-order valence-electron chi connectivity index (χ0n) is 17.8. The van der Waals surface area contributed by atoms with E-state index in [1.165, 1.54) is 0 Å². The zero-order chi connectivity index (χ0) is 21.6. The average molecular weight is 418 g/mol. The standard InChI is InChI=1S/C25H27N3O3/c1-2-14-31-20-12-10-18(11-13-20)24(29)26-19-7-5-6-17(15-19)16-23-21-8-3-4-9-22(21)25(30)28-27-23/h5-7,10-13,15,23H,2-4,8-9,14,16H2,1H3,(H,26,29). The molecular weight excluding hydrogens is 390 g/mol. The number of benzene rings is 2. The lowest BCUT2D eigenvalue weighted by Gasteiger charge is -2.25. The summed E-state index contributed by atoms with van der Waals surface area (Å²) in [6.45, 7) is 2.71. The highest BCUT2D eigenvalue weighted by Crippen LogP contribution is 2.33. The molecule has 2 aliphatic rings. The van der Waals surface area contributed by atoms with Gasteiger partial charge in [0.2, 0.25) is 0 Å². The SMILES string of the molecule is CCCOc1ccc(C(=O)Nc2cccc(CC3N=NC(=O)C4=C3CCCC4)c2)cc1. The predicted molar refractivity (Wildman–Crippen MR) is 119 cm³/mol. The number of ether oxygens (including phenoxy) is 1. The van der Waals surface area contributed by atoms with Gasteiger partial charge < -0.3 is 10.1 Å². The molecule has 2 aromatic carbocycles. The van der Waals surface area contributed by atoms with Crippen LogP contribution in [0.4, 0.5) is 5.69 Å². The van der Waals surface area contributed by atoms with E-state index in [0.717, 1.165) is 60.3 Å². The van der Waals surface area contributed by atoms with Crippen molar-refractivity contribution in [1.82, 2.24) is 0 Å². The highest BCUT2D eigenvalue weighted by Gasteiger charge is 2.28. The summed E-state index contributed by atoms with van der Waals surface area (Å²) < 4.78 is 5.57. The van der Waals surface area contributed by atoms with Crippen LogP contribution in [0.25, 0.3) is 0 Å². The van der Waals surface area contributed by atoms with Crippen LogP contribution in [0.5, 0.6) is 5.75 Å². The van der Waals surface area contributed by atoms with E-state index in [9.17, 15) is 9.59 Å². The molecule has 0 aromatic heterocycles. The molecule has 0 saturated carbocycles. The van der Waals surface area contributed by atoms with Gasteiger partial charge in [-0.25, -0.2) is 0 Å². The number of hydrogen-bond donors (Lipinski definition) is 1. The van der Waals surface area contributed by atoms with Gasteiger partial charge in [-0.05, 0) is 79.6 Å². The Morgan fingerprint density at radius 1 is 1.13 bits per heavy atom. The fourth-order valence-corrected chi connectivity index (χ4v) is 4.08. The van der Waals surface area contributed by atoms with Crippen LogP contribution in [0.15, 0.2) is 69.9 Å². The van der Waals surface area contributed by atoms with Crippen LogP contribution in [0, 0.1) is 0 Å². The molecule has 2 amide bonds. The third-order valence-electron chi connectivity index (χ3n) is 5.66. The third kappa shape index (κ3) is 5.08. The minimum absolute atomic E-state index is 0.0883. The molecule has 0 saturated heterocycles. The molecule has 1 unspecified atom stereocenters. The molecule has 0 radical (unpaired) electrons. The molecule has 2 aromatic rings. The van der Waals surface area contributed by atoms with Crippen molar-refractivity contribution in [2.24, 2.45) is 10.2 Å². The summed E-state index contributed by atoms with van der Waals surface area (Å²) in [7, 11) is 0. The van der Waals surface area contributed by atoms with E-state index in [-0.39, 0.29) is 17.9 Å². The van der Waals surface area contributed by atoms with E-state index in [2.05, 4.69) is 22.5 Å². The maximum atomic E-state index is 12.6. The smallest absolute Gasteiger partial charge is 0.291 e. The minimum atomic E-state index is -0.168. The molecule has 1 atom stereocenters. The fourth-order valence-electron chi connectivity index (χ4n) is 4.08. The van der Waals surface area contributed by atoms with Crippen molar-refractivity contribution in [2.45, 2.75) is 51.5 Å². The van der Waals surface area contributed by atoms with Crippen LogP contribution < -0.4 is 10.1 Å². The van der Waals surface area contributed by atoms with Gasteiger partial charge in [-0.1, -0.05) is 19.1 Å². The number of nitrogens with zero attached hydrogens (tertiary/aromatic N) is 2. The van der Waals surface area contributed by atoms with E-state index < -0.39 is 0 Å². The molecule has 4 rings (SSSR count). The van der Waals surface area contributed by atoms with Gasteiger partial charge in [0.1, 0.15) is 5.75 Å². The maximum absolute atomic E-state index is 12.6. The van der Waals surface area contributed by atoms with Crippen molar-refractivity contribution >= 4 is 17.5 Å². The first-order chi connectivity index (χ1) is 15.1. The van der Waals surface area contributed by atoms with Gasteiger partial charge in [0.15, 0.2) is 0 Å². The molecule has 1 N–H and O–H groups in total. The number of carbonyl (C=O) groups is 2. The van der Waals surface area contributed by atoms with Crippen molar-refractivity contribution in [3.63, 3.8) is 0 Å². The highest BCUT2D eigenvalue weighted by molar-refractivity contribution is 6.04. The second-order valence-electron chi connectivity index (χ2n) is 7.98. The van der Waals surface area contributed by atoms with Crippen LogP contribution in [0.2, 0.25) is 0 Å². The van der Waals surface area contributed by atoms with Crippen LogP contribution in [-0.2, 0) is 11.2 Å². The number of azo groups is 1. The number of hydrogen-bond acceptors (Lipinski definition) is 4. The third-order valence-corrected chi connectivity index (χ3v) is 5.66. The lowest BCUT2D eigenvalue weighted by molar-refractivity contribution is -0.115. The Bertz CT molecular complexity index is 1020. The second-order valence-corrected chi connectivity index (χ2v) is 7.98. The number of amides is 2. The van der Waals surface area contributed by atoms with Gasteiger partial charge in [-0.2, -0.15) is 5.11 Å². The van der Waals surface area contributed by atoms with Crippen molar-refractivity contribution < 1.29 is 14.3 Å². The summed E-state index contributed by atoms with van der Waals surface area (Å²) >= 11 is 0. The molecule has 1 heterocycles. The van der Waals surface area contributed by atoms with E-state index in [1.54, 1.807) is 12.1 Å². The fraction of sp³-hybridized carbons (Fsp3) is 0.360. The first-order valence-corrected chi connectivity index (χ1v) is 10.9.